The van der Waals surface area contributed by atoms with Crippen molar-refractivity contribution in [1.29, 1.82) is 0 Å². The molecule has 0 spiro atoms. The van der Waals surface area contributed by atoms with Gasteiger partial charge in [0.05, 0.1) is 10.6 Å². The summed E-state index contributed by atoms with van der Waals surface area (Å²) < 4.78 is 5.17. The maximum absolute atomic E-state index is 12.5. The summed E-state index contributed by atoms with van der Waals surface area (Å²) in [5.41, 5.74) is 0.290. The third kappa shape index (κ3) is 3.71. The van der Waals surface area contributed by atoms with Gasteiger partial charge in [0.15, 0.2) is 0 Å². The van der Waals surface area contributed by atoms with E-state index < -0.39 is 11.5 Å². The van der Waals surface area contributed by atoms with Crippen molar-refractivity contribution in [1.82, 2.24) is 5.32 Å². The zero-order valence-corrected chi connectivity index (χ0v) is 14.9. The van der Waals surface area contributed by atoms with E-state index in [1.807, 2.05) is 0 Å². The fourth-order valence-corrected chi connectivity index (χ4v) is 2.95. The topological polar surface area (TPSA) is 88.4 Å². The lowest BCUT2D eigenvalue weighted by atomic mass is 10.1. The minimum absolute atomic E-state index is 0.111. The number of nitrogens with one attached hydrogen (secondary N) is 2. The molecule has 0 unspecified atom stereocenters. The predicted molar refractivity (Wildman–Crippen MR) is 102 cm³/mol. The SMILES string of the molecule is O=C(NC1CC1)c1ccc(NC(=O)c2cc3ccccc3oc2=O)cc1Cl. The van der Waals surface area contributed by atoms with Gasteiger partial charge in [-0.1, -0.05) is 29.8 Å². The van der Waals surface area contributed by atoms with Crippen LogP contribution in [0.4, 0.5) is 5.69 Å². The molecule has 7 heteroatoms. The second-order valence-corrected chi connectivity index (χ2v) is 6.79. The van der Waals surface area contributed by atoms with Crippen LogP contribution in [0.15, 0.2) is 57.7 Å². The number of carbonyl (C=O) groups is 2. The molecule has 3 aromatic rings. The second kappa shape index (κ2) is 6.89. The minimum atomic E-state index is -0.724. The number of anilines is 1. The summed E-state index contributed by atoms with van der Waals surface area (Å²) in [4.78, 5) is 36.6. The van der Waals surface area contributed by atoms with E-state index in [2.05, 4.69) is 10.6 Å². The van der Waals surface area contributed by atoms with E-state index in [-0.39, 0.29) is 22.5 Å². The largest absolute Gasteiger partial charge is 0.422 e. The summed E-state index contributed by atoms with van der Waals surface area (Å²) in [6.45, 7) is 0. The zero-order valence-electron chi connectivity index (χ0n) is 14.1. The van der Waals surface area contributed by atoms with E-state index in [0.717, 1.165) is 12.8 Å². The lowest BCUT2D eigenvalue weighted by molar-refractivity contribution is 0.0950. The Morgan fingerprint density at radius 3 is 2.52 bits per heavy atom. The summed E-state index contributed by atoms with van der Waals surface area (Å²) in [5, 5.41) is 6.33. The highest BCUT2D eigenvalue weighted by atomic mass is 35.5. The van der Waals surface area contributed by atoms with Crippen molar-refractivity contribution in [3.63, 3.8) is 0 Å². The first-order chi connectivity index (χ1) is 13.0. The highest BCUT2D eigenvalue weighted by Crippen LogP contribution is 2.24. The van der Waals surface area contributed by atoms with Crippen molar-refractivity contribution in [2.24, 2.45) is 0 Å². The lowest BCUT2D eigenvalue weighted by Crippen LogP contribution is -2.25. The molecule has 1 heterocycles. The molecule has 0 aliphatic heterocycles. The number of amides is 2. The Hall–Kier alpha value is -3.12. The molecule has 1 saturated carbocycles. The average Bonchev–Trinajstić information content (AvgIpc) is 3.45. The number of para-hydroxylation sites is 1. The van der Waals surface area contributed by atoms with Crippen LogP contribution >= 0.6 is 11.6 Å². The normalized spacial score (nSPS) is 13.4. The maximum atomic E-state index is 12.5. The van der Waals surface area contributed by atoms with Crippen molar-refractivity contribution >= 4 is 40.1 Å². The summed E-state index contributed by atoms with van der Waals surface area (Å²) in [7, 11) is 0. The van der Waals surface area contributed by atoms with Crippen molar-refractivity contribution in [2.75, 3.05) is 5.32 Å². The molecule has 6 nitrogen and oxygen atoms in total. The first-order valence-corrected chi connectivity index (χ1v) is 8.84. The van der Waals surface area contributed by atoms with Crippen LogP contribution in [0, 0.1) is 0 Å². The van der Waals surface area contributed by atoms with E-state index in [1.165, 1.54) is 12.1 Å². The van der Waals surface area contributed by atoms with Gasteiger partial charge in [0.2, 0.25) is 0 Å². The van der Waals surface area contributed by atoms with Gasteiger partial charge in [-0.05, 0) is 43.2 Å². The second-order valence-electron chi connectivity index (χ2n) is 6.38. The van der Waals surface area contributed by atoms with Crippen LogP contribution in [0.3, 0.4) is 0 Å². The number of rotatable bonds is 4. The number of hydrogen-bond donors (Lipinski definition) is 2. The summed E-state index contributed by atoms with van der Waals surface area (Å²) in [6, 6.07) is 13.2. The molecule has 4 rings (SSSR count). The number of hydrogen-bond acceptors (Lipinski definition) is 4. The molecular formula is C20H15ClN2O4. The van der Waals surface area contributed by atoms with Gasteiger partial charge in [0.25, 0.3) is 11.8 Å². The fraction of sp³-hybridized carbons (Fsp3) is 0.150. The predicted octanol–water partition coefficient (Wildman–Crippen LogP) is 3.59. The first-order valence-electron chi connectivity index (χ1n) is 8.46. The van der Waals surface area contributed by atoms with Crippen LogP contribution in [0.5, 0.6) is 0 Å². The molecule has 1 aliphatic carbocycles. The van der Waals surface area contributed by atoms with Crippen molar-refractivity contribution < 1.29 is 14.0 Å². The van der Waals surface area contributed by atoms with Gasteiger partial charge >= 0.3 is 5.63 Å². The molecule has 2 aromatic carbocycles. The summed E-state index contributed by atoms with van der Waals surface area (Å²) in [6.07, 6.45) is 1.96. The standard InChI is InChI=1S/C20H15ClN2O4/c21-16-10-13(7-8-14(16)18(24)22-12-5-6-12)23-19(25)15-9-11-3-1-2-4-17(11)27-20(15)26/h1-4,7-10,12H,5-6H2,(H,22,24)(H,23,25). The van der Waals surface area contributed by atoms with Crippen molar-refractivity contribution in [3.8, 4) is 0 Å². The Balaban J connectivity index is 1.56. The van der Waals surface area contributed by atoms with Gasteiger partial charge in [-0.3, -0.25) is 9.59 Å². The van der Waals surface area contributed by atoms with E-state index in [0.29, 0.717) is 22.2 Å². The Labute approximate surface area is 159 Å². The summed E-state index contributed by atoms with van der Waals surface area (Å²) >= 11 is 6.17. The maximum Gasteiger partial charge on any atom is 0.349 e. The third-order valence-corrected chi connectivity index (χ3v) is 4.58. The Kier molecular flexibility index (Phi) is 4.41. The number of carbonyl (C=O) groups excluding carboxylic acids is 2. The third-order valence-electron chi connectivity index (χ3n) is 4.27. The molecule has 1 aromatic heterocycles. The highest BCUT2D eigenvalue weighted by Gasteiger charge is 2.24. The Bertz CT molecular complexity index is 1120. The van der Waals surface area contributed by atoms with Crippen LogP contribution in [-0.2, 0) is 0 Å². The molecular weight excluding hydrogens is 368 g/mol. The van der Waals surface area contributed by atoms with Gasteiger partial charge < -0.3 is 15.1 Å². The molecule has 0 radical (unpaired) electrons. The molecule has 27 heavy (non-hydrogen) atoms. The Morgan fingerprint density at radius 2 is 1.78 bits per heavy atom. The molecule has 0 atom stereocenters. The van der Waals surface area contributed by atoms with E-state index in [4.69, 9.17) is 16.0 Å². The molecule has 1 aliphatic rings. The molecule has 136 valence electrons. The van der Waals surface area contributed by atoms with Crippen LogP contribution in [0.25, 0.3) is 11.0 Å². The van der Waals surface area contributed by atoms with E-state index in [9.17, 15) is 14.4 Å². The van der Waals surface area contributed by atoms with Crippen molar-refractivity contribution in [2.45, 2.75) is 18.9 Å². The van der Waals surface area contributed by atoms with Crippen LogP contribution in [0.2, 0.25) is 5.02 Å². The van der Waals surface area contributed by atoms with Gasteiger partial charge in [-0.15, -0.1) is 0 Å². The van der Waals surface area contributed by atoms with Crippen LogP contribution in [-0.4, -0.2) is 17.9 Å². The van der Waals surface area contributed by atoms with E-state index >= 15 is 0 Å². The van der Waals surface area contributed by atoms with Gasteiger partial charge in [0, 0.05) is 17.1 Å². The number of halogens is 1. The van der Waals surface area contributed by atoms with Crippen molar-refractivity contribution in [3.05, 3.63) is 75.1 Å². The lowest BCUT2D eigenvalue weighted by Gasteiger charge is -2.09. The molecule has 0 bridgehead atoms. The first kappa shape index (κ1) is 17.3. The quantitative estimate of drug-likeness (QED) is 0.675. The summed E-state index contributed by atoms with van der Waals surface area (Å²) in [5.74, 6) is -0.851. The fourth-order valence-electron chi connectivity index (χ4n) is 2.69. The zero-order chi connectivity index (χ0) is 19.0. The van der Waals surface area contributed by atoms with Gasteiger partial charge in [0.1, 0.15) is 11.1 Å². The monoisotopic (exact) mass is 382 g/mol. The number of fused-ring (bicyclic) bond motifs is 1. The van der Waals surface area contributed by atoms with E-state index in [1.54, 1.807) is 36.4 Å². The Morgan fingerprint density at radius 1 is 1.00 bits per heavy atom. The van der Waals surface area contributed by atoms with Crippen LogP contribution < -0.4 is 16.3 Å². The molecule has 1 fully saturated rings. The molecule has 2 N–H and O–H groups in total. The van der Waals surface area contributed by atoms with Crippen LogP contribution in [0.1, 0.15) is 33.6 Å². The highest BCUT2D eigenvalue weighted by molar-refractivity contribution is 6.34. The molecule has 0 saturated heterocycles. The molecule has 2 amide bonds. The smallest absolute Gasteiger partial charge is 0.349 e. The average molecular weight is 383 g/mol. The minimum Gasteiger partial charge on any atom is -0.422 e. The number of benzene rings is 2. The van der Waals surface area contributed by atoms with Gasteiger partial charge in [-0.2, -0.15) is 0 Å². The van der Waals surface area contributed by atoms with Gasteiger partial charge in [-0.25, -0.2) is 4.79 Å².